The minimum Gasteiger partial charge on any atom is -0.387 e. The number of aromatic nitrogens is 2. The number of hydrogen-bond acceptors (Lipinski definition) is 4. The SMILES string of the molecule is O=C(Cn1ncc2ccccc2c1=O)NCC(O)c1ccccc1C(F)(F)F. The van der Waals surface area contributed by atoms with Crippen molar-refractivity contribution in [1.29, 1.82) is 0 Å². The molecule has 0 bridgehead atoms. The van der Waals surface area contributed by atoms with Crippen LogP contribution in [-0.4, -0.2) is 27.3 Å². The van der Waals surface area contributed by atoms with E-state index in [4.69, 9.17) is 0 Å². The number of amides is 1. The standard InChI is InChI=1S/C19H16F3N3O3/c20-19(21,22)15-8-4-3-7-14(15)16(26)10-23-17(27)11-25-18(28)13-6-2-1-5-12(13)9-24-25/h1-9,16,26H,10-11H2,(H,23,27). The van der Waals surface area contributed by atoms with Crippen LogP contribution in [0.1, 0.15) is 17.2 Å². The number of hydrogen-bond donors (Lipinski definition) is 2. The van der Waals surface area contributed by atoms with E-state index < -0.39 is 42.4 Å². The molecule has 0 aliphatic carbocycles. The smallest absolute Gasteiger partial charge is 0.387 e. The molecule has 3 aromatic rings. The summed E-state index contributed by atoms with van der Waals surface area (Å²) in [6, 6.07) is 11.3. The number of halogens is 3. The Bertz CT molecular complexity index is 1060. The molecule has 1 unspecified atom stereocenters. The molecule has 0 aliphatic heterocycles. The van der Waals surface area contributed by atoms with E-state index in [2.05, 4.69) is 10.4 Å². The van der Waals surface area contributed by atoms with Crippen LogP contribution in [0.4, 0.5) is 13.2 Å². The van der Waals surface area contributed by atoms with E-state index in [1.807, 2.05) is 0 Å². The first-order valence-corrected chi connectivity index (χ1v) is 8.33. The Hall–Kier alpha value is -3.20. The fourth-order valence-corrected chi connectivity index (χ4v) is 2.80. The number of alkyl halides is 3. The summed E-state index contributed by atoms with van der Waals surface area (Å²) in [5, 5.41) is 17.3. The van der Waals surface area contributed by atoms with Crippen molar-refractivity contribution in [2.75, 3.05) is 6.54 Å². The van der Waals surface area contributed by atoms with Crippen molar-refractivity contribution in [3.05, 3.63) is 76.2 Å². The second-order valence-corrected chi connectivity index (χ2v) is 6.10. The van der Waals surface area contributed by atoms with Gasteiger partial charge in [-0.2, -0.15) is 18.3 Å². The minimum atomic E-state index is -4.62. The molecule has 0 saturated heterocycles. The Labute approximate surface area is 157 Å². The highest BCUT2D eigenvalue weighted by molar-refractivity contribution is 5.81. The Balaban J connectivity index is 1.69. The molecule has 28 heavy (non-hydrogen) atoms. The topological polar surface area (TPSA) is 84.2 Å². The maximum atomic E-state index is 13.0. The van der Waals surface area contributed by atoms with Crippen LogP contribution in [0.3, 0.4) is 0 Å². The second kappa shape index (κ2) is 7.81. The lowest BCUT2D eigenvalue weighted by Crippen LogP contribution is -2.35. The first-order chi connectivity index (χ1) is 13.3. The third-order valence-electron chi connectivity index (χ3n) is 4.17. The van der Waals surface area contributed by atoms with Crippen LogP contribution < -0.4 is 10.9 Å². The predicted octanol–water partition coefficient (Wildman–Crippen LogP) is 2.27. The molecule has 0 fully saturated rings. The summed E-state index contributed by atoms with van der Waals surface area (Å²) in [6.45, 7) is -0.856. The minimum absolute atomic E-state index is 0.337. The van der Waals surface area contributed by atoms with Gasteiger partial charge in [0, 0.05) is 11.9 Å². The van der Waals surface area contributed by atoms with Crippen LogP contribution in [0, 0.1) is 0 Å². The van der Waals surface area contributed by atoms with Crippen molar-refractivity contribution in [3.63, 3.8) is 0 Å². The average Bonchev–Trinajstić information content (AvgIpc) is 2.68. The average molecular weight is 391 g/mol. The monoisotopic (exact) mass is 391 g/mol. The van der Waals surface area contributed by atoms with E-state index in [0.717, 1.165) is 16.8 Å². The molecule has 1 heterocycles. The molecular weight excluding hydrogens is 375 g/mol. The number of aliphatic hydroxyl groups is 1. The van der Waals surface area contributed by atoms with Gasteiger partial charge in [0.05, 0.1) is 23.3 Å². The molecule has 6 nitrogen and oxygen atoms in total. The van der Waals surface area contributed by atoms with Gasteiger partial charge < -0.3 is 10.4 Å². The van der Waals surface area contributed by atoms with Crippen LogP contribution in [0.25, 0.3) is 10.8 Å². The third-order valence-corrected chi connectivity index (χ3v) is 4.17. The van der Waals surface area contributed by atoms with Gasteiger partial charge in [0.1, 0.15) is 6.54 Å². The molecular formula is C19H16F3N3O3. The predicted molar refractivity (Wildman–Crippen MR) is 95.4 cm³/mol. The van der Waals surface area contributed by atoms with Crippen LogP contribution >= 0.6 is 0 Å². The summed E-state index contributed by atoms with van der Waals surface area (Å²) in [6.07, 6.45) is -4.73. The van der Waals surface area contributed by atoms with E-state index in [0.29, 0.717) is 10.8 Å². The second-order valence-electron chi connectivity index (χ2n) is 6.10. The molecule has 2 N–H and O–H groups in total. The molecule has 2 aromatic carbocycles. The first-order valence-electron chi connectivity index (χ1n) is 8.33. The quantitative estimate of drug-likeness (QED) is 0.699. The van der Waals surface area contributed by atoms with Gasteiger partial charge >= 0.3 is 6.18 Å². The zero-order chi connectivity index (χ0) is 20.3. The normalized spacial score (nSPS) is 12.7. The molecule has 9 heteroatoms. The van der Waals surface area contributed by atoms with Crippen LogP contribution in [0.2, 0.25) is 0 Å². The van der Waals surface area contributed by atoms with Crippen molar-refractivity contribution >= 4 is 16.7 Å². The lowest BCUT2D eigenvalue weighted by molar-refractivity contribution is -0.139. The molecule has 1 atom stereocenters. The van der Waals surface area contributed by atoms with Gasteiger partial charge in [-0.15, -0.1) is 0 Å². The molecule has 0 aliphatic rings. The highest BCUT2D eigenvalue weighted by Gasteiger charge is 2.34. The summed E-state index contributed by atoms with van der Waals surface area (Å²) in [5.41, 5.74) is -1.77. The lowest BCUT2D eigenvalue weighted by Gasteiger charge is -2.18. The Morgan fingerprint density at radius 3 is 2.57 bits per heavy atom. The molecule has 1 aromatic heterocycles. The molecule has 0 saturated carbocycles. The zero-order valence-electron chi connectivity index (χ0n) is 14.5. The van der Waals surface area contributed by atoms with Crippen molar-refractivity contribution in [1.82, 2.24) is 15.1 Å². The maximum Gasteiger partial charge on any atom is 0.416 e. The van der Waals surface area contributed by atoms with E-state index in [1.165, 1.54) is 18.3 Å². The summed E-state index contributed by atoms with van der Waals surface area (Å²) < 4.78 is 40.0. The first kappa shape index (κ1) is 19.6. The number of carbonyl (C=O) groups excluding carboxylic acids is 1. The van der Waals surface area contributed by atoms with Crippen LogP contribution in [0.5, 0.6) is 0 Å². The van der Waals surface area contributed by atoms with E-state index in [1.54, 1.807) is 24.3 Å². The summed E-state index contributed by atoms with van der Waals surface area (Å²) >= 11 is 0. The number of rotatable bonds is 5. The number of fused-ring (bicyclic) bond motifs is 1. The number of nitrogens with zero attached hydrogens (tertiary/aromatic N) is 2. The number of aliphatic hydroxyl groups excluding tert-OH is 1. The highest BCUT2D eigenvalue weighted by Crippen LogP contribution is 2.34. The van der Waals surface area contributed by atoms with Gasteiger partial charge in [0.15, 0.2) is 0 Å². The van der Waals surface area contributed by atoms with Crippen molar-refractivity contribution < 1.29 is 23.1 Å². The summed E-state index contributed by atoms with van der Waals surface area (Å²) in [4.78, 5) is 24.4. The third kappa shape index (κ3) is 4.20. The Morgan fingerprint density at radius 2 is 1.82 bits per heavy atom. The van der Waals surface area contributed by atoms with Crippen LogP contribution in [-0.2, 0) is 17.5 Å². The van der Waals surface area contributed by atoms with Crippen LogP contribution in [0.15, 0.2) is 59.5 Å². The van der Waals surface area contributed by atoms with E-state index in [-0.39, 0.29) is 5.56 Å². The molecule has 3 rings (SSSR count). The van der Waals surface area contributed by atoms with Gasteiger partial charge in [-0.05, 0) is 17.7 Å². The van der Waals surface area contributed by atoms with Gasteiger partial charge in [-0.3, -0.25) is 9.59 Å². The van der Waals surface area contributed by atoms with E-state index in [9.17, 15) is 27.9 Å². The largest absolute Gasteiger partial charge is 0.416 e. The Kier molecular flexibility index (Phi) is 5.46. The zero-order valence-corrected chi connectivity index (χ0v) is 14.5. The Morgan fingerprint density at radius 1 is 1.14 bits per heavy atom. The van der Waals surface area contributed by atoms with E-state index >= 15 is 0 Å². The lowest BCUT2D eigenvalue weighted by atomic mass is 10.0. The molecule has 0 radical (unpaired) electrons. The number of benzene rings is 2. The van der Waals surface area contributed by atoms with Gasteiger partial charge in [-0.25, -0.2) is 4.68 Å². The summed E-state index contributed by atoms with van der Waals surface area (Å²) in [5.74, 6) is -0.659. The van der Waals surface area contributed by atoms with Gasteiger partial charge in [0.25, 0.3) is 5.56 Å². The molecule has 0 spiro atoms. The fraction of sp³-hybridized carbons (Fsp3) is 0.211. The van der Waals surface area contributed by atoms with Crippen molar-refractivity contribution in [3.8, 4) is 0 Å². The van der Waals surface area contributed by atoms with Gasteiger partial charge in [0.2, 0.25) is 5.91 Å². The number of nitrogens with one attached hydrogen (secondary N) is 1. The van der Waals surface area contributed by atoms with Crippen molar-refractivity contribution in [2.45, 2.75) is 18.8 Å². The summed E-state index contributed by atoms with van der Waals surface area (Å²) in [7, 11) is 0. The highest BCUT2D eigenvalue weighted by atomic mass is 19.4. The number of carbonyl (C=O) groups is 1. The molecule has 1 amide bonds. The van der Waals surface area contributed by atoms with Crippen molar-refractivity contribution in [2.24, 2.45) is 0 Å². The van der Waals surface area contributed by atoms with Gasteiger partial charge in [-0.1, -0.05) is 36.4 Å². The maximum absolute atomic E-state index is 13.0. The molecule has 146 valence electrons. The fourth-order valence-electron chi connectivity index (χ4n) is 2.80.